The van der Waals surface area contributed by atoms with Crippen LogP contribution in [0, 0.1) is 5.92 Å². The molecule has 1 N–H and O–H groups in total. The predicted molar refractivity (Wildman–Crippen MR) is 90.4 cm³/mol. The Morgan fingerprint density at radius 1 is 0.950 bits per heavy atom. The van der Waals surface area contributed by atoms with E-state index in [1.54, 1.807) is 0 Å². The highest BCUT2D eigenvalue weighted by Crippen LogP contribution is 2.17. The van der Waals surface area contributed by atoms with Crippen LogP contribution in [0.5, 0.6) is 0 Å². The Bertz CT molecular complexity index is 351. The third kappa shape index (κ3) is 6.56. The maximum Gasteiger partial charge on any atom is 0.0108 e. The molecule has 1 unspecified atom stereocenters. The molecular weight excluding hydrogens is 242 g/mol. The summed E-state index contributed by atoms with van der Waals surface area (Å²) in [4.78, 5) is 0. The molecule has 0 heterocycles. The molecule has 0 amide bonds. The Balaban J connectivity index is 2.58. The first kappa shape index (κ1) is 17.2. The van der Waals surface area contributed by atoms with Crippen LogP contribution >= 0.6 is 0 Å². The molecule has 1 aromatic carbocycles. The van der Waals surface area contributed by atoms with E-state index in [-0.39, 0.29) is 0 Å². The smallest absolute Gasteiger partial charge is 0.0108 e. The van der Waals surface area contributed by atoms with E-state index in [9.17, 15) is 0 Å². The summed E-state index contributed by atoms with van der Waals surface area (Å²) >= 11 is 0. The van der Waals surface area contributed by atoms with Gasteiger partial charge in [0.05, 0.1) is 0 Å². The van der Waals surface area contributed by atoms with Crippen molar-refractivity contribution in [3.8, 4) is 0 Å². The lowest BCUT2D eigenvalue weighted by Crippen LogP contribution is -2.32. The summed E-state index contributed by atoms with van der Waals surface area (Å²) in [5.74, 6) is 1.42. The zero-order valence-corrected chi connectivity index (χ0v) is 14.1. The van der Waals surface area contributed by atoms with Crippen molar-refractivity contribution in [2.24, 2.45) is 5.92 Å². The van der Waals surface area contributed by atoms with E-state index in [0.717, 1.165) is 18.9 Å². The maximum absolute atomic E-state index is 3.71. The second-order valence-corrected chi connectivity index (χ2v) is 6.72. The SMILES string of the molecule is CCCNC(CCC(C)C)Cc1ccc(C(C)C)cc1. The zero-order valence-electron chi connectivity index (χ0n) is 14.1. The average Bonchev–Trinajstić information content (AvgIpc) is 2.42. The minimum atomic E-state index is 0.624. The highest BCUT2D eigenvalue weighted by Gasteiger charge is 2.10. The molecular formula is C19H33N. The third-order valence-corrected chi connectivity index (χ3v) is 3.90. The van der Waals surface area contributed by atoms with Gasteiger partial charge in [0.15, 0.2) is 0 Å². The molecule has 20 heavy (non-hydrogen) atoms. The largest absolute Gasteiger partial charge is 0.314 e. The number of hydrogen-bond acceptors (Lipinski definition) is 1. The first-order valence-corrected chi connectivity index (χ1v) is 8.35. The molecule has 0 bridgehead atoms. The quantitative estimate of drug-likeness (QED) is 0.656. The first-order chi connectivity index (χ1) is 9.52. The molecule has 0 aliphatic carbocycles. The van der Waals surface area contributed by atoms with Crippen LogP contribution in [0.2, 0.25) is 0 Å². The van der Waals surface area contributed by atoms with Crippen LogP contribution in [0.25, 0.3) is 0 Å². The molecule has 0 saturated carbocycles. The van der Waals surface area contributed by atoms with E-state index < -0.39 is 0 Å². The van der Waals surface area contributed by atoms with E-state index in [0.29, 0.717) is 12.0 Å². The van der Waals surface area contributed by atoms with Gasteiger partial charge >= 0.3 is 0 Å². The van der Waals surface area contributed by atoms with Crippen molar-refractivity contribution in [2.75, 3.05) is 6.54 Å². The van der Waals surface area contributed by atoms with E-state index in [2.05, 4.69) is 64.2 Å². The third-order valence-electron chi connectivity index (χ3n) is 3.90. The summed E-state index contributed by atoms with van der Waals surface area (Å²) in [6.45, 7) is 12.5. The van der Waals surface area contributed by atoms with Gasteiger partial charge in [-0.25, -0.2) is 0 Å². The highest BCUT2D eigenvalue weighted by molar-refractivity contribution is 5.25. The second-order valence-electron chi connectivity index (χ2n) is 6.72. The lowest BCUT2D eigenvalue weighted by molar-refractivity contribution is 0.427. The van der Waals surface area contributed by atoms with Crippen LogP contribution in [0.3, 0.4) is 0 Å². The number of rotatable bonds is 9. The van der Waals surface area contributed by atoms with Crippen molar-refractivity contribution in [3.05, 3.63) is 35.4 Å². The van der Waals surface area contributed by atoms with Gasteiger partial charge < -0.3 is 5.32 Å². The Morgan fingerprint density at radius 3 is 2.10 bits per heavy atom. The fraction of sp³-hybridized carbons (Fsp3) is 0.684. The van der Waals surface area contributed by atoms with Crippen molar-refractivity contribution >= 4 is 0 Å². The van der Waals surface area contributed by atoms with Gasteiger partial charge in [-0.1, -0.05) is 58.9 Å². The van der Waals surface area contributed by atoms with Crippen molar-refractivity contribution < 1.29 is 0 Å². The van der Waals surface area contributed by atoms with Crippen molar-refractivity contribution in [1.82, 2.24) is 5.32 Å². The molecule has 1 nitrogen and oxygen atoms in total. The van der Waals surface area contributed by atoms with Gasteiger partial charge in [0.1, 0.15) is 0 Å². The van der Waals surface area contributed by atoms with Gasteiger partial charge in [-0.05, 0) is 55.2 Å². The molecule has 0 saturated heterocycles. The minimum absolute atomic E-state index is 0.624. The van der Waals surface area contributed by atoms with E-state index in [1.165, 1.54) is 30.4 Å². The van der Waals surface area contributed by atoms with Crippen molar-refractivity contribution in [2.45, 2.75) is 72.3 Å². The maximum atomic E-state index is 3.71. The summed E-state index contributed by atoms with van der Waals surface area (Å²) in [6.07, 6.45) is 4.96. The van der Waals surface area contributed by atoms with Crippen LogP contribution in [-0.2, 0) is 6.42 Å². The molecule has 1 heteroatoms. The molecule has 0 aromatic heterocycles. The minimum Gasteiger partial charge on any atom is -0.314 e. The van der Waals surface area contributed by atoms with Crippen LogP contribution in [0.4, 0.5) is 0 Å². The normalized spacial score (nSPS) is 13.2. The van der Waals surface area contributed by atoms with Crippen LogP contribution < -0.4 is 5.32 Å². The van der Waals surface area contributed by atoms with Gasteiger partial charge in [-0.15, -0.1) is 0 Å². The fourth-order valence-electron chi connectivity index (χ4n) is 2.48. The molecule has 114 valence electrons. The molecule has 0 spiro atoms. The van der Waals surface area contributed by atoms with Gasteiger partial charge in [-0.2, -0.15) is 0 Å². The van der Waals surface area contributed by atoms with Gasteiger partial charge in [0, 0.05) is 6.04 Å². The summed E-state index contributed by atoms with van der Waals surface area (Å²) < 4.78 is 0. The van der Waals surface area contributed by atoms with Crippen molar-refractivity contribution in [1.29, 1.82) is 0 Å². The summed E-state index contributed by atoms with van der Waals surface area (Å²) in [5.41, 5.74) is 2.90. The highest BCUT2D eigenvalue weighted by atomic mass is 14.9. The zero-order chi connectivity index (χ0) is 15.0. The molecule has 0 radical (unpaired) electrons. The first-order valence-electron chi connectivity index (χ1n) is 8.35. The second kappa shape index (κ2) is 9.18. The van der Waals surface area contributed by atoms with Gasteiger partial charge in [0.2, 0.25) is 0 Å². The number of benzene rings is 1. The molecule has 0 aliphatic heterocycles. The van der Waals surface area contributed by atoms with E-state index in [4.69, 9.17) is 0 Å². The average molecular weight is 275 g/mol. The Labute approximate surface area is 126 Å². The summed E-state index contributed by atoms with van der Waals surface area (Å²) in [5, 5.41) is 3.71. The Morgan fingerprint density at radius 2 is 1.60 bits per heavy atom. The van der Waals surface area contributed by atoms with Gasteiger partial charge in [0.25, 0.3) is 0 Å². The molecule has 0 aliphatic rings. The summed E-state index contributed by atoms with van der Waals surface area (Å²) in [7, 11) is 0. The lowest BCUT2D eigenvalue weighted by atomic mass is 9.95. The van der Waals surface area contributed by atoms with Crippen LogP contribution in [0.1, 0.15) is 70.9 Å². The molecule has 0 fully saturated rings. The number of hydrogen-bond donors (Lipinski definition) is 1. The summed E-state index contributed by atoms with van der Waals surface area (Å²) in [6, 6.07) is 9.83. The van der Waals surface area contributed by atoms with E-state index in [1.807, 2.05) is 0 Å². The molecule has 1 atom stereocenters. The van der Waals surface area contributed by atoms with Crippen LogP contribution in [0.15, 0.2) is 24.3 Å². The molecule has 1 rings (SSSR count). The predicted octanol–water partition coefficient (Wildman–Crippen LogP) is 5.16. The topological polar surface area (TPSA) is 12.0 Å². The molecule has 1 aromatic rings. The Kier molecular flexibility index (Phi) is 7.91. The van der Waals surface area contributed by atoms with Crippen LogP contribution in [-0.4, -0.2) is 12.6 Å². The fourth-order valence-corrected chi connectivity index (χ4v) is 2.48. The lowest BCUT2D eigenvalue weighted by Gasteiger charge is -2.20. The Hall–Kier alpha value is -0.820. The standard InChI is InChI=1S/C19H33N/c1-6-13-20-19(12-7-15(2)3)14-17-8-10-18(11-9-17)16(4)5/h8-11,15-16,19-20H,6-7,12-14H2,1-5H3. The van der Waals surface area contributed by atoms with Crippen molar-refractivity contribution in [3.63, 3.8) is 0 Å². The van der Waals surface area contributed by atoms with Gasteiger partial charge in [-0.3, -0.25) is 0 Å². The van der Waals surface area contributed by atoms with E-state index >= 15 is 0 Å². The number of nitrogens with one attached hydrogen (secondary N) is 1. The monoisotopic (exact) mass is 275 g/mol.